The van der Waals surface area contributed by atoms with Crippen LogP contribution in [0, 0.1) is 0 Å². The molecule has 19 heavy (non-hydrogen) atoms. The minimum absolute atomic E-state index is 0.00795. The van der Waals surface area contributed by atoms with Gasteiger partial charge in [-0.3, -0.25) is 14.3 Å². The van der Waals surface area contributed by atoms with E-state index in [-0.39, 0.29) is 24.4 Å². The van der Waals surface area contributed by atoms with Gasteiger partial charge in [0.25, 0.3) is 5.56 Å². The third kappa shape index (κ3) is 3.40. The van der Waals surface area contributed by atoms with Crippen LogP contribution in [0.2, 0.25) is 0 Å². The number of ether oxygens (including phenoxy) is 1. The smallest absolute Gasteiger partial charge is 0.280 e. The molecule has 0 amide bonds. The minimum atomic E-state index is -3.17. The lowest BCUT2D eigenvalue weighted by atomic mass is 10.5. The molecule has 10 heteroatoms. The summed E-state index contributed by atoms with van der Waals surface area (Å²) in [6.45, 7) is 1.78. The van der Waals surface area contributed by atoms with Crippen molar-refractivity contribution >= 4 is 24.5 Å². The molecule has 0 aliphatic carbocycles. The van der Waals surface area contributed by atoms with E-state index in [0.717, 1.165) is 0 Å². The molecular formula is C9H14N5O4P. The standard InChI is InChI=1S/C9H14N5O4P/c1-19(16,17)5-18-3-2-14-4-11-6-7(14)12-9(10)13-8(6)15/h4H,2-3,5H2,1H3,(H,16,17)(H3,10,12,13,15). The van der Waals surface area contributed by atoms with Crippen LogP contribution in [0.1, 0.15) is 0 Å². The quantitative estimate of drug-likeness (QED) is 0.501. The van der Waals surface area contributed by atoms with Crippen LogP contribution in [0.5, 0.6) is 0 Å². The molecule has 2 aromatic heterocycles. The Morgan fingerprint density at radius 1 is 1.63 bits per heavy atom. The molecule has 9 nitrogen and oxygen atoms in total. The molecule has 1 unspecified atom stereocenters. The van der Waals surface area contributed by atoms with Crippen molar-refractivity contribution in [2.75, 3.05) is 25.4 Å². The zero-order valence-corrected chi connectivity index (χ0v) is 11.1. The van der Waals surface area contributed by atoms with Crippen LogP contribution in [0.3, 0.4) is 0 Å². The van der Waals surface area contributed by atoms with Gasteiger partial charge in [-0.25, -0.2) is 4.98 Å². The van der Waals surface area contributed by atoms with Gasteiger partial charge in [0.1, 0.15) is 6.35 Å². The van der Waals surface area contributed by atoms with E-state index in [1.54, 1.807) is 4.57 Å². The number of fused-ring (bicyclic) bond motifs is 1. The molecule has 0 aromatic carbocycles. The number of aromatic nitrogens is 4. The van der Waals surface area contributed by atoms with Crippen molar-refractivity contribution in [3.63, 3.8) is 0 Å². The van der Waals surface area contributed by atoms with Crippen LogP contribution in [0.15, 0.2) is 11.1 Å². The van der Waals surface area contributed by atoms with E-state index in [0.29, 0.717) is 12.2 Å². The molecule has 0 spiro atoms. The van der Waals surface area contributed by atoms with Gasteiger partial charge >= 0.3 is 0 Å². The second kappa shape index (κ2) is 5.12. The number of anilines is 1. The Kier molecular flexibility index (Phi) is 3.70. The molecule has 2 rings (SSSR count). The van der Waals surface area contributed by atoms with Gasteiger partial charge in [-0.2, -0.15) is 4.98 Å². The van der Waals surface area contributed by atoms with Gasteiger partial charge in [0.2, 0.25) is 13.3 Å². The topological polar surface area (TPSA) is 136 Å². The maximum absolute atomic E-state index is 11.5. The minimum Gasteiger partial charge on any atom is -0.370 e. The van der Waals surface area contributed by atoms with Crippen molar-refractivity contribution in [2.45, 2.75) is 6.54 Å². The summed E-state index contributed by atoms with van der Waals surface area (Å²) in [7, 11) is -3.17. The Bertz CT molecular complexity index is 687. The van der Waals surface area contributed by atoms with E-state index in [1.807, 2.05) is 0 Å². The van der Waals surface area contributed by atoms with Gasteiger partial charge in [-0.15, -0.1) is 0 Å². The van der Waals surface area contributed by atoms with Crippen LogP contribution in [-0.4, -0.2) is 44.0 Å². The normalized spacial score (nSPS) is 14.6. The average molecular weight is 287 g/mol. The zero-order valence-electron chi connectivity index (χ0n) is 10.2. The Hall–Kier alpha value is -1.70. The highest BCUT2D eigenvalue weighted by atomic mass is 31.2. The SMILES string of the molecule is CP(=O)(O)COCCn1cnc2c(=O)[nH]c(N)nc21. The number of nitrogen functional groups attached to an aromatic ring is 1. The predicted octanol–water partition coefficient (Wildman–Crippen LogP) is -0.424. The van der Waals surface area contributed by atoms with E-state index >= 15 is 0 Å². The molecule has 0 aliphatic rings. The molecule has 4 N–H and O–H groups in total. The molecule has 0 aliphatic heterocycles. The lowest BCUT2D eigenvalue weighted by Gasteiger charge is -2.07. The number of H-pyrrole nitrogens is 1. The number of imidazole rings is 1. The summed E-state index contributed by atoms with van der Waals surface area (Å²) in [6.07, 6.45) is 1.23. The maximum Gasteiger partial charge on any atom is 0.280 e. The first-order valence-corrected chi connectivity index (χ1v) is 7.74. The van der Waals surface area contributed by atoms with Crippen molar-refractivity contribution < 1.29 is 14.2 Å². The van der Waals surface area contributed by atoms with E-state index in [9.17, 15) is 9.36 Å². The maximum atomic E-state index is 11.5. The van der Waals surface area contributed by atoms with Gasteiger partial charge in [0.05, 0.1) is 12.9 Å². The zero-order chi connectivity index (χ0) is 14.0. The molecule has 2 heterocycles. The summed E-state index contributed by atoms with van der Waals surface area (Å²) in [6, 6.07) is 0. The Morgan fingerprint density at radius 2 is 2.37 bits per heavy atom. The first kappa shape index (κ1) is 13.7. The lowest BCUT2D eigenvalue weighted by Crippen LogP contribution is -2.13. The fraction of sp³-hybridized carbons (Fsp3) is 0.444. The Balaban J connectivity index is 2.10. The van der Waals surface area contributed by atoms with Gasteiger partial charge in [-0.1, -0.05) is 0 Å². The molecule has 0 bridgehead atoms. The highest BCUT2D eigenvalue weighted by molar-refractivity contribution is 7.56. The van der Waals surface area contributed by atoms with Crippen molar-refractivity contribution in [1.82, 2.24) is 19.5 Å². The summed E-state index contributed by atoms with van der Waals surface area (Å²) in [4.78, 5) is 30.8. The molecule has 0 fully saturated rings. The van der Waals surface area contributed by atoms with Crippen LogP contribution >= 0.6 is 7.37 Å². The number of aromatic amines is 1. The van der Waals surface area contributed by atoms with Gasteiger partial charge < -0.3 is 19.9 Å². The van der Waals surface area contributed by atoms with Gasteiger partial charge in [0, 0.05) is 13.2 Å². The van der Waals surface area contributed by atoms with Crippen molar-refractivity contribution in [3.8, 4) is 0 Å². The van der Waals surface area contributed by atoms with E-state index < -0.39 is 12.9 Å². The summed E-state index contributed by atoms with van der Waals surface area (Å²) < 4.78 is 17.7. The van der Waals surface area contributed by atoms with Crippen LogP contribution in [0.4, 0.5) is 5.95 Å². The largest absolute Gasteiger partial charge is 0.370 e. The van der Waals surface area contributed by atoms with E-state index in [1.165, 1.54) is 13.0 Å². The first-order chi connectivity index (χ1) is 8.87. The summed E-state index contributed by atoms with van der Waals surface area (Å²) in [5, 5.41) is 0. The van der Waals surface area contributed by atoms with Crippen LogP contribution in [-0.2, 0) is 15.8 Å². The Labute approximate surface area is 107 Å². The molecule has 0 radical (unpaired) electrons. The monoisotopic (exact) mass is 287 g/mol. The summed E-state index contributed by atoms with van der Waals surface area (Å²) in [5.74, 6) is 0.00795. The summed E-state index contributed by atoms with van der Waals surface area (Å²) >= 11 is 0. The number of rotatable bonds is 5. The fourth-order valence-corrected chi connectivity index (χ4v) is 2.00. The van der Waals surface area contributed by atoms with Gasteiger partial charge in [0.15, 0.2) is 11.2 Å². The fourth-order valence-electron chi connectivity index (χ4n) is 1.53. The molecule has 0 saturated carbocycles. The first-order valence-electron chi connectivity index (χ1n) is 5.44. The number of nitrogens with one attached hydrogen (secondary N) is 1. The second-order valence-electron chi connectivity index (χ2n) is 4.15. The lowest BCUT2D eigenvalue weighted by molar-refractivity contribution is 0.160. The average Bonchev–Trinajstić information content (AvgIpc) is 2.66. The number of nitrogens with zero attached hydrogens (tertiary/aromatic N) is 3. The van der Waals surface area contributed by atoms with Crippen molar-refractivity contribution in [1.29, 1.82) is 0 Å². The molecule has 2 aromatic rings. The number of hydrogen-bond donors (Lipinski definition) is 3. The molecule has 1 atom stereocenters. The van der Waals surface area contributed by atoms with Crippen molar-refractivity contribution in [3.05, 3.63) is 16.7 Å². The number of hydrogen-bond acceptors (Lipinski definition) is 6. The van der Waals surface area contributed by atoms with Crippen LogP contribution in [0.25, 0.3) is 11.2 Å². The van der Waals surface area contributed by atoms with Gasteiger partial charge in [-0.05, 0) is 0 Å². The molecule has 0 saturated heterocycles. The third-order valence-corrected chi connectivity index (χ3v) is 2.96. The third-order valence-electron chi connectivity index (χ3n) is 2.30. The van der Waals surface area contributed by atoms with E-state index in [2.05, 4.69) is 15.0 Å². The van der Waals surface area contributed by atoms with Crippen LogP contribution < -0.4 is 11.3 Å². The molecule has 104 valence electrons. The van der Waals surface area contributed by atoms with Crippen molar-refractivity contribution in [2.24, 2.45) is 0 Å². The van der Waals surface area contributed by atoms with E-state index in [4.69, 9.17) is 15.4 Å². The summed E-state index contributed by atoms with van der Waals surface area (Å²) in [5.41, 5.74) is 5.60. The number of nitrogens with two attached hydrogens (primary N) is 1. The Morgan fingerprint density at radius 3 is 3.05 bits per heavy atom. The predicted molar refractivity (Wildman–Crippen MR) is 69.1 cm³/mol. The highest BCUT2D eigenvalue weighted by Crippen LogP contribution is 2.34. The second-order valence-corrected chi connectivity index (χ2v) is 6.51. The molecular weight excluding hydrogens is 273 g/mol. The highest BCUT2D eigenvalue weighted by Gasteiger charge is 2.11.